The number of carbonyl (C=O) groups is 1. The smallest absolute Gasteiger partial charge is 0.335 e. The number of benzene rings is 3. The van der Waals surface area contributed by atoms with Crippen LogP contribution in [0.4, 0.5) is 5.69 Å². The van der Waals surface area contributed by atoms with Gasteiger partial charge in [0.25, 0.3) is 0 Å². The number of aryl methyl sites for hydroxylation is 1. The maximum atomic E-state index is 11.2. The molecule has 0 aliphatic rings. The van der Waals surface area contributed by atoms with Crippen molar-refractivity contribution in [2.24, 2.45) is 0 Å². The normalized spacial score (nSPS) is 10.7. The molecule has 0 saturated heterocycles. The highest BCUT2D eigenvalue weighted by Gasteiger charge is 2.08. The lowest BCUT2D eigenvalue weighted by Gasteiger charge is -2.12. The highest BCUT2D eigenvalue weighted by Crippen LogP contribution is 2.24. The van der Waals surface area contributed by atoms with E-state index >= 15 is 0 Å². The summed E-state index contributed by atoms with van der Waals surface area (Å²) < 4.78 is 0. The molecule has 4 N–H and O–H groups in total. The lowest BCUT2D eigenvalue weighted by atomic mass is 9.98. The maximum absolute atomic E-state index is 11.2. The molecule has 0 aliphatic heterocycles. The van der Waals surface area contributed by atoms with Crippen LogP contribution in [-0.4, -0.2) is 17.6 Å². The molecule has 27 heavy (non-hydrogen) atoms. The summed E-state index contributed by atoms with van der Waals surface area (Å²) in [5, 5.41) is 12.7. The Morgan fingerprint density at radius 3 is 2.59 bits per heavy atom. The summed E-state index contributed by atoms with van der Waals surface area (Å²) in [6.45, 7) is 1.64. The van der Waals surface area contributed by atoms with Gasteiger partial charge in [0.1, 0.15) is 0 Å². The topological polar surface area (TPSA) is 75.3 Å². The van der Waals surface area contributed by atoms with E-state index in [4.69, 9.17) is 5.73 Å². The van der Waals surface area contributed by atoms with Crippen molar-refractivity contribution in [3.05, 3.63) is 89.5 Å². The number of anilines is 1. The van der Waals surface area contributed by atoms with Crippen LogP contribution in [-0.2, 0) is 13.0 Å². The van der Waals surface area contributed by atoms with E-state index in [2.05, 4.69) is 17.4 Å². The molecule has 0 aromatic heterocycles. The van der Waals surface area contributed by atoms with Gasteiger partial charge in [-0.25, -0.2) is 4.79 Å². The van der Waals surface area contributed by atoms with Crippen molar-refractivity contribution in [1.29, 1.82) is 0 Å². The van der Waals surface area contributed by atoms with E-state index in [9.17, 15) is 9.90 Å². The van der Waals surface area contributed by atoms with Gasteiger partial charge in [0.05, 0.1) is 5.56 Å². The zero-order valence-electron chi connectivity index (χ0n) is 15.2. The average molecular weight is 360 g/mol. The number of rotatable bonds is 8. The molecular formula is C23H24N2O2. The Kier molecular flexibility index (Phi) is 6.23. The minimum Gasteiger partial charge on any atom is -0.478 e. The Morgan fingerprint density at radius 1 is 0.963 bits per heavy atom. The van der Waals surface area contributed by atoms with Gasteiger partial charge in [-0.3, -0.25) is 0 Å². The van der Waals surface area contributed by atoms with E-state index in [1.807, 2.05) is 42.5 Å². The van der Waals surface area contributed by atoms with E-state index < -0.39 is 5.97 Å². The van der Waals surface area contributed by atoms with Crippen molar-refractivity contribution >= 4 is 11.7 Å². The van der Waals surface area contributed by atoms with Gasteiger partial charge in [-0.05, 0) is 65.9 Å². The molecule has 0 fully saturated rings. The van der Waals surface area contributed by atoms with Gasteiger partial charge >= 0.3 is 5.97 Å². The monoisotopic (exact) mass is 360 g/mol. The summed E-state index contributed by atoms with van der Waals surface area (Å²) in [5.41, 5.74) is 11.3. The molecule has 3 aromatic rings. The van der Waals surface area contributed by atoms with Gasteiger partial charge in [-0.15, -0.1) is 0 Å². The summed E-state index contributed by atoms with van der Waals surface area (Å²) >= 11 is 0. The van der Waals surface area contributed by atoms with Crippen molar-refractivity contribution in [3.63, 3.8) is 0 Å². The summed E-state index contributed by atoms with van der Waals surface area (Å²) in [6, 6.07) is 23.2. The third-order valence-corrected chi connectivity index (χ3v) is 4.52. The van der Waals surface area contributed by atoms with Gasteiger partial charge in [-0.1, -0.05) is 48.5 Å². The van der Waals surface area contributed by atoms with Crippen LogP contribution in [0.5, 0.6) is 0 Å². The Bertz CT molecular complexity index is 922. The minimum absolute atomic E-state index is 0.303. The predicted octanol–water partition coefficient (Wildman–Crippen LogP) is 4.36. The van der Waals surface area contributed by atoms with Crippen LogP contribution in [0.3, 0.4) is 0 Å². The van der Waals surface area contributed by atoms with E-state index in [-0.39, 0.29) is 0 Å². The fourth-order valence-corrected chi connectivity index (χ4v) is 3.17. The molecule has 0 saturated carbocycles. The first-order valence-corrected chi connectivity index (χ1v) is 9.10. The fraction of sp³-hybridized carbons (Fsp3) is 0.174. The molecule has 0 spiro atoms. The number of carboxylic acid groups (broad SMARTS) is 1. The van der Waals surface area contributed by atoms with Crippen molar-refractivity contribution in [1.82, 2.24) is 5.32 Å². The number of nitrogen functional groups attached to an aromatic ring is 1. The number of aromatic carboxylic acids is 1. The Labute approximate surface area is 159 Å². The molecule has 0 heterocycles. The van der Waals surface area contributed by atoms with Crippen LogP contribution in [0, 0.1) is 0 Å². The van der Waals surface area contributed by atoms with Gasteiger partial charge in [-0.2, -0.15) is 0 Å². The van der Waals surface area contributed by atoms with Crippen molar-refractivity contribution in [2.45, 2.75) is 19.4 Å². The van der Waals surface area contributed by atoms with Crippen LogP contribution < -0.4 is 11.1 Å². The molecule has 0 bridgehead atoms. The first-order chi connectivity index (χ1) is 13.1. The predicted molar refractivity (Wildman–Crippen MR) is 110 cm³/mol. The zero-order chi connectivity index (χ0) is 19.1. The zero-order valence-corrected chi connectivity index (χ0v) is 15.2. The Balaban J connectivity index is 1.60. The molecule has 4 heteroatoms. The van der Waals surface area contributed by atoms with E-state index in [1.165, 1.54) is 5.56 Å². The third kappa shape index (κ3) is 5.19. The highest BCUT2D eigenvalue weighted by molar-refractivity contribution is 5.89. The molecule has 3 aromatic carbocycles. The van der Waals surface area contributed by atoms with Crippen molar-refractivity contribution in [2.75, 3.05) is 12.3 Å². The lowest BCUT2D eigenvalue weighted by molar-refractivity contribution is 0.0697. The van der Waals surface area contributed by atoms with Gasteiger partial charge < -0.3 is 16.2 Å². The summed E-state index contributed by atoms with van der Waals surface area (Å²) in [5.74, 6) is -0.908. The molecule has 0 radical (unpaired) electrons. The molecule has 138 valence electrons. The first kappa shape index (κ1) is 18.7. The number of nitrogens with one attached hydrogen (secondary N) is 1. The molecule has 0 amide bonds. The Hall–Kier alpha value is -3.11. The van der Waals surface area contributed by atoms with Crippen LogP contribution in [0.25, 0.3) is 11.1 Å². The van der Waals surface area contributed by atoms with Crippen LogP contribution in [0.15, 0.2) is 72.8 Å². The second-order valence-corrected chi connectivity index (χ2v) is 6.57. The fourth-order valence-electron chi connectivity index (χ4n) is 3.17. The van der Waals surface area contributed by atoms with E-state index in [1.54, 1.807) is 18.2 Å². The third-order valence-electron chi connectivity index (χ3n) is 4.52. The maximum Gasteiger partial charge on any atom is 0.335 e. The van der Waals surface area contributed by atoms with Crippen LogP contribution >= 0.6 is 0 Å². The van der Waals surface area contributed by atoms with Crippen molar-refractivity contribution < 1.29 is 9.90 Å². The summed E-state index contributed by atoms with van der Waals surface area (Å²) in [6.07, 6.45) is 2.01. The largest absolute Gasteiger partial charge is 0.478 e. The Morgan fingerprint density at radius 2 is 1.78 bits per heavy atom. The molecular weight excluding hydrogens is 336 g/mol. The number of carboxylic acids is 1. The quantitative estimate of drug-likeness (QED) is 0.412. The standard InChI is InChI=1S/C23H24N2O2/c24-21-11-3-6-17(14-21)7-5-13-25-16-20-8-1-2-12-22(20)18-9-4-10-19(15-18)23(26)27/h1-4,6,8-12,14-15,25H,5,7,13,16,24H2,(H,26,27). The van der Waals surface area contributed by atoms with Crippen LogP contribution in [0.1, 0.15) is 27.9 Å². The van der Waals surface area contributed by atoms with Crippen molar-refractivity contribution in [3.8, 4) is 11.1 Å². The van der Waals surface area contributed by atoms with Gasteiger partial charge in [0.15, 0.2) is 0 Å². The van der Waals surface area contributed by atoms with Crippen LogP contribution in [0.2, 0.25) is 0 Å². The number of hydrogen-bond donors (Lipinski definition) is 3. The second-order valence-electron chi connectivity index (χ2n) is 6.57. The summed E-state index contributed by atoms with van der Waals surface area (Å²) in [4.78, 5) is 11.2. The molecule has 4 nitrogen and oxygen atoms in total. The molecule has 0 aliphatic carbocycles. The molecule has 3 rings (SSSR count). The SMILES string of the molecule is Nc1cccc(CCCNCc2ccccc2-c2cccc(C(=O)O)c2)c1. The number of nitrogens with two attached hydrogens (primary N) is 1. The second kappa shape index (κ2) is 9.01. The number of hydrogen-bond acceptors (Lipinski definition) is 3. The summed E-state index contributed by atoms with van der Waals surface area (Å²) in [7, 11) is 0. The van der Waals surface area contributed by atoms with E-state index in [0.29, 0.717) is 5.56 Å². The average Bonchev–Trinajstić information content (AvgIpc) is 2.68. The van der Waals surface area contributed by atoms with E-state index in [0.717, 1.165) is 48.3 Å². The highest BCUT2D eigenvalue weighted by atomic mass is 16.4. The molecule has 0 unspecified atom stereocenters. The first-order valence-electron chi connectivity index (χ1n) is 9.10. The lowest BCUT2D eigenvalue weighted by Crippen LogP contribution is -2.16. The molecule has 0 atom stereocenters. The van der Waals surface area contributed by atoms with Gasteiger partial charge in [0, 0.05) is 12.2 Å². The van der Waals surface area contributed by atoms with Gasteiger partial charge in [0.2, 0.25) is 0 Å². The minimum atomic E-state index is -0.908.